The van der Waals surface area contributed by atoms with Gasteiger partial charge in [-0.3, -0.25) is 4.79 Å². The number of nitrogens with one attached hydrogen (secondary N) is 1. The molecule has 22 heavy (non-hydrogen) atoms. The summed E-state index contributed by atoms with van der Waals surface area (Å²) in [6.07, 6.45) is 5.44. The van der Waals surface area contributed by atoms with Crippen molar-refractivity contribution in [1.82, 2.24) is 20.2 Å². The third kappa shape index (κ3) is 3.72. The van der Waals surface area contributed by atoms with Gasteiger partial charge in [0.15, 0.2) is 0 Å². The first kappa shape index (κ1) is 15.2. The summed E-state index contributed by atoms with van der Waals surface area (Å²) < 4.78 is 5.49. The molecule has 0 aliphatic carbocycles. The zero-order valence-corrected chi connectivity index (χ0v) is 13.0. The smallest absolute Gasteiger partial charge is 0.254 e. The molecular formula is C15H23N5O2. The Bertz CT molecular complexity index is 493. The molecule has 0 radical (unpaired) electrons. The van der Waals surface area contributed by atoms with Crippen molar-refractivity contribution >= 4 is 11.9 Å². The highest BCUT2D eigenvalue weighted by Gasteiger charge is 2.18. The maximum Gasteiger partial charge on any atom is 0.254 e. The van der Waals surface area contributed by atoms with Gasteiger partial charge in [-0.1, -0.05) is 0 Å². The first-order chi connectivity index (χ1) is 10.7. The van der Waals surface area contributed by atoms with Crippen molar-refractivity contribution in [1.29, 1.82) is 0 Å². The molecule has 1 atom stereocenters. The van der Waals surface area contributed by atoms with Crippen LogP contribution in [0, 0.1) is 0 Å². The normalized spacial score (nSPS) is 22.8. The van der Waals surface area contributed by atoms with Crippen molar-refractivity contribution < 1.29 is 9.53 Å². The number of hydrogen-bond donors (Lipinski definition) is 1. The Hall–Kier alpha value is -1.73. The molecule has 2 fully saturated rings. The number of piperazine rings is 1. The van der Waals surface area contributed by atoms with Crippen LogP contribution in [-0.2, 0) is 4.74 Å². The zero-order valence-electron chi connectivity index (χ0n) is 13.0. The average molecular weight is 305 g/mol. The van der Waals surface area contributed by atoms with Crippen molar-refractivity contribution in [2.24, 2.45) is 0 Å². The lowest BCUT2D eigenvalue weighted by atomic mass is 10.2. The van der Waals surface area contributed by atoms with Crippen LogP contribution in [0.3, 0.4) is 0 Å². The third-order valence-corrected chi connectivity index (χ3v) is 4.20. The zero-order chi connectivity index (χ0) is 15.4. The molecule has 7 nitrogen and oxygen atoms in total. The molecular weight excluding hydrogens is 282 g/mol. The van der Waals surface area contributed by atoms with Gasteiger partial charge in [-0.25, -0.2) is 9.97 Å². The molecule has 1 unspecified atom stereocenters. The minimum atomic E-state index is -0.138. The van der Waals surface area contributed by atoms with Crippen molar-refractivity contribution in [3.8, 4) is 0 Å². The molecule has 0 saturated carbocycles. The van der Waals surface area contributed by atoms with Gasteiger partial charge in [0.1, 0.15) is 0 Å². The quantitative estimate of drug-likeness (QED) is 0.853. The van der Waals surface area contributed by atoms with E-state index in [9.17, 15) is 4.79 Å². The van der Waals surface area contributed by atoms with Crippen LogP contribution >= 0.6 is 0 Å². The second kappa shape index (κ2) is 7.02. The van der Waals surface area contributed by atoms with Gasteiger partial charge in [-0.05, 0) is 19.9 Å². The molecule has 120 valence electrons. The van der Waals surface area contributed by atoms with Crippen LogP contribution in [0.15, 0.2) is 12.4 Å². The van der Waals surface area contributed by atoms with Gasteiger partial charge in [-0.15, -0.1) is 0 Å². The summed E-state index contributed by atoms with van der Waals surface area (Å²) in [4.78, 5) is 25.2. The molecule has 1 N–H and O–H groups in total. The van der Waals surface area contributed by atoms with E-state index in [2.05, 4.69) is 32.1 Å². The van der Waals surface area contributed by atoms with Crippen molar-refractivity contribution in [2.45, 2.75) is 18.9 Å². The largest absolute Gasteiger partial charge is 0.376 e. The number of amides is 1. The number of hydrogen-bond acceptors (Lipinski definition) is 6. The van der Waals surface area contributed by atoms with Crippen LogP contribution in [0.25, 0.3) is 0 Å². The van der Waals surface area contributed by atoms with E-state index in [1.54, 1.807) is 12.4 Å². The Morgan fingerprint density at radius 2 is 2.05 bits per heavy atom. The molecule has 2 saturated heterocycles. The second-order valence-corrected chi connectivity index (χ2v) is 5.91. The highest BCUT2D eigenvalue weighted by atomic mass is 16.5. The highest BCUT2D eigenvalue weighted by molar-refractivity contribution is 5.93. The summed E-state index contributed by atoms with van der Waals surface area (Å²) in [6.45, 7) is 5.20. The SMILES string of the molecule is CN1CCN(c2ncc(C(=O)NCC3CCCO3)cn2)CC1. The fourth-order valence-electron chi connectivity index (χ4n) is 2.72. The minimum absolute atomic E-state index is 0.138. The lowest BCUT2D eigenvalue weighted by Crippen LogP contribution is -2.45. The maximum absolute atomic E-state index is 12.1. The molecule has 0 aromatic carbocycles. The van der Waals surface area contributed by atoms with Gasteiger partial charge >= 0.3 is 0 Å². The Morgan fingerprint density at radius 3 is 2.68 bits per heavy atom. The highest BCUT2D eigenvalue weighted by Crippen LogP contribution is 2.12. The van der Waals surface area contributed by atoms with Gasteiger partial charge in [0.2, 0.25) is 5.95 Å². The van der Waals surface area contributed by atoms with E-state index in [1.165, 1.54) is 0 Å². The Kier molecular flexibility index (Phi) is 4.84. The van der Waals surface area contributed by atoms with E-state index in [4.69, 9.17) is 4.74 Å². The maximum atomic E-state index is 12.1. The third-order valence-electron chi connectivity index (χ3n) is 4.20. The van der Waals surface area contributed by atoms with E-state index in [1.807, 2.05) is 0 Å². The molecule has 1 aromatic rings. The van der Waals surface area contributed by atoms with Crippen LogP contribution in [0.4, 0.5) is 5.95 Å². The number of anilines is 1. The molecule has 0 bridgehead atoms. The van der Waals surface area contributed by atoms with Gasteiger partial charge in [0.05, 0.1) is 11.7 Å². The van der Waals surface area contributed by atoms with Gasteiger partial charge < -0.3 is 19.9 Å². The minimum Gasteiger partial charge on any atom is -0.376 e. The summed E-state index contributed by atoms with van der Waals surface area (Å²) in [5.74, 6) is 0.559. The van der Waals surface area contributed by atoms with Crippen molar-refractivity contribution in [3.05, 3.63) is 18.0 Å². The first-order valence-corrected chi connectivity index (χ1v) is 7.88. The van der Waals surface area contributed by atoms with Crippen LogP contribution in [-0.4, -0.2) is 73.3 Å². The predicted octanol–water partition coefficient (Wildman–Crippen LogP) is 0.137. The Labute approximate surface area is 130 Å². The number of nitrogens with zero attached hydrogens (tertiary/aromatic N) is 4. The number of carbonyl (C=O) groups excluding carboxylic acids is 1. The van der Waals surface area contributed by atoms with Crippen LogP contribution in [0.5, 0.6) is 0 Å². The van der Waals surface area contributed by atoms with Gasteiger partial charge in [0.25, 0.3) is 5.91 Å². The molecule has 1 aromatic heterocycles. The summed E-state index contributed by atoms with van der Waals surface area (Å²) >= 11 is 0. The summed E-state index contributed by atoms with van der Waals surface area (Å²) in [5, 5.41) is 2.88. The van der Waals surface area contributed by atoms with E-state index >= 15 is 0 Å². The molecule has 2 aliphatic heterocycles. The lowest BCUT2D eigenvalue weighted by molar-refractivity contribution is 0.0857. The summed E-state index contributed by atoms with van der Waals surface area (Å²) in [6, 6.07) is 0. The van der Waals surface area contributed by atoms with E-state index < -0.39 is 0 Å². The molecule has 3 rings (SSSR count). The standard InChI is InChI=1S/C15H23N5O2/c1-19-4-6-20(7-5-19)15-17-9-12(10-18-15)14(21)16-11-13-3-2-8-22-13/h9-10,13H,2-8,11H2,1H3,(H,16,21). The van der Waals surface area contributed by atoms with Crippen molar-refractivity contribution in [2.75, 3.05) is 51.3 Å². The Morgan fingerprint density at radius 1 is 1.32 bits per heavy atom. The molecule has 0 spiro atoms. The fourth-order valence-corrected chi connectivity index (χ4v) is 2.72. The molecule has 3 heterocycles. The predicted molar refractivity (Wildman–Crippen MR) is 83.0 cm³/mol. The number of carbonyl (C=O) groups is 1. The molecule has 7 heteroatoms. The number of ether oxygens (including phenoxy) is 1. The topological polar surface area (TPSA) is 70.6 Å². The number of aromatic nitrogens is 2. The van der Waals surface area contributed by atoms with Crippen LogP contribution in [0.2, 0.25) is 0 Å². The molecule has 2 aliphatic rings. The lowest BCUT2D eigenvalue weighted by Gasteiger charge is -2.32. The van der Waals surface area contributed by atoms with E-state index in [0.717, 1.165) is 45.6 Å². The summed E-state index contributed by atoms with van der Waals surface area (Å²) in [7, 11) is 2.11. The fraction of sp³-hybridized carbons (Fsp3) is 0.667. The number of likely N-dealkylation sites (N-methyl/N-ethyl adjacent to an activating group) is 1. The monoisotopic (exact) mass is 305 g/mol. The van der Waals surface area contributed by atoms with Gasteiger partial charge in [-0.2, -0.15) is 0 Å². The number of rotatable bonds is 4. The van der Waals surface area contributed by atoms with Crippen molar-refractivity contribution in [3.63, 3.8) is 0 Å². The first-order valence-electron chi connectivity index (χ1n) is 7.88. The molecule has 1 amide bonds. The Balaban J connectivity index is 1.53. The average Bonchev–Trinajstić information content (AvgIpc) is 3.07. The van der Waals surface area contributed by atoms with Crippen LogP contribution < -0.4 is 10.2 Å². The summed E-state index contributed by atoms with van der Waals surface area (Å²) in [5.41, 5.74) is 0.496. The van der Waals surface area contributed by atoms with Gasteiger partial charge in [0, 0.05) is 51.7 Å². The van der Waals surface area contributed by atoms with E-state index in [-0.39, 0.29) is 12.0 Å². The van der Waals surface area contributed by atoms with Crippen LogP contribution in [0.1, 0.15) is 23.2 Å². The van der Waals surface area contributed by atoms with E-state index in [0.29, 0.717) is 18.1 Å². The second-order valence-electron chi connectivity index (χ2n) is 5.91.